The largest absolute Gasteiger partial charge is 0.468 e. The van der Waals surface area contributed by atoms with Crippen molar-refractivity contribution < 1.29 is 19.1 Å². The normalized spacial score (nSPS) is 33.9. The Labute approximate surface area is 93.7 Å². The van der Waals surface area contributed by atoms with Crippen LogP contribution in [0.3, 0.4) is 0 Å². The van der Waals surface area contributed by atoms with Crippen LogP contribution in [0.5, 0.6) is 0 Å². The van der Waals surface area contributed by atoms with Crippen LogP contribution in [0.15, 0.2) is 0 Å². The molecule has 0 aromatic carbocycles. The van der Waals surface area contributed by atoms with Gasteiger partial charge in [-0.3, -0.25) is 9.59 Å². The van der Waals surface area contributed by atoms with Gasteiger partial charge in [0.2, 0.25) is 5.91 Å². The minimum absolute atomic E-state index is 0.0462. The lowest BCUT2D eigenvalue weighted by molar-refractivity contribution is -0.158. The van der Waals surface area contributed by atoms with E-state index in [0.29, 0.717) is 26.0 Å². The first kappa shape index (κ1) is 10.1. The molecular formula is C11H15NO4. The van der Waals surface area contributed by atoms with Gasteiger partial charge in [0.1, 0.15) is 5.41 Å². The standard InChI is InChI=1S/C11H15NO4/c1-15-10(14)11(2-3-11)9(13)12-5-8-4-7(12)6-16-8/h7-8H,2-6H2,1H3/t7-,8-/m1/s1. The molecule has 0 unspecified atom stereocenters. The first-order valence-corrected chi connectivity index (χ1v) is 5.68. The molecule has 3 fully saturated rings. The van der Waals surface area contributed by atoms with Gasteiger partial charge in [-0.2, -0.15) is 0 Å². The average Bonchev–Trinajstić information content (AvgIpc) is 2.85. The third-order valence-corrected chi connectivity index (χ3v) is 3.90. The molecule has 2 aliphatic heterocycles. The zero-order valence-electron chi connectivity index (χ0n) is 9.27. The van der Waals surface area contributed by atoms with Crippen molar-refractivity contribution in [3.05, 3.63) is 0 Å². The summed E-state index contributed by atoms with van der Waals surface area (Å²) in [5.41, 5.74) is -0.848. The minimum atomic E-state index is -0.848. The van der Waals surface area contributed by atoms with Crippen LogP contribution in [0.25, 0.3) is 0 Å². The third kappa shape index (κ3) is 1.21. The summed E-state index contributed by atoms with van der Waals surface area (Å²) in [6, 6.07) is 0.180. The summed E-state index contributed by atoms with van der Waals surface area (Å²) in [4.78, 5) is 25.7. The van der Waals surface area contributed by atoms with E-state index in [9.17, 15) is 9.59 Å². The molecule has 2 heterocycles. The van der Waals surface area contributed by atoms with Crippen molar-refractivity contribution >= 4 is 11.9 Å². The van der Waals surface area contributed by atoms with Gasteiger partial charge in [0.25, 0.3) is 0 Å². The number of ether oxygens (including phenoxy) is 2. The van der Waals surface area contributed by atoms with Gasteiger partial charge in [0.15, 0.2) is 0 Å². The second-order valence-corrected chi connectivity index (χ2v) is 4.88. The zero-order chi connectivity index (χ0) is 11.3. The number of fused-ring (bicyclic) bond motifs is 2. The highest BCUT2D eigenvalue weighted by atomic mass is 16.5. The Kier molecular flexibility index (Phi) is 2.01. The number of amides is 1. The van der Waals surface area contributed by atoms with E-state index < -0.39 is 5.41 Å². The number of esters is 1. The number of carbonyl (C=O) groups is 2. The second kappa shape index (κ2) is 3.20. The topological polar surface area (TPSA) is 55.8 Å². The number of methoxy groups -OCH3 is 1. The molecule has 0 N–H and O–H groups in total. The maximum absolute atomic E-state index is 12.3. The lowest BCUT2D eigenvalue weighted by atomic mass is 10.1. The molecule has 1 amide bonds. The number of hydrogen-bond donors (Lipinski definition) is 0. The Bertz CT molecular complexity index is 350. The van der Waals surface area contributed by atoms with Crippen LogP contribution in [0.2, 0.25) is 0 Å². The van der Waals surface area contributed by atoms with Crippen molar-refractivity contribution in [1.82, 2.24) is 4.90 Å². The third-order valence-electron chi connectivity index (χ3n) is 3.90. The zero-order valence-corrected chi connectivity index (χ0v) is 9.27. The van der Waals surface area contributed by atoms with Gasteiger partial charge in [0.05, 0.1) is 25.9 Å². The van der Waals surface area contributed by atoms with Gasteiger partial charge in [-0.1, -0.05) is 0 Å². The fourth-order valence-corrected chi connectivity index (χ4v) is 2.75. The summed E-state index contributed by atoms with van der Waals surface area (Å²) in [5, 5.41) is 0. The average molecular weight is 225 g/mol. The number of rotatable bonds is 2. The summed E-state index contributed by atoms with van der Waals surface area (Å²) >= 11 is 0. The predicted molar refractivity (Wildman–Crippen MR) is 53.5 cm³/mol. The molecule has 0 spiro atoms. The molecule has 0 radical (unpaired) electrons. The number of likely N-dealkylation sites (tertiary alicyclic amines) is 1. The summed E-state index contributed by atoms with van der Waals surface area (Å²) < 4.78 is 10.2. The first-order chi connectivity index (χ1) is 7.67. The van der Waals surface area contributed by atoms with Crippen molar-refractivity contribution in [3.63, 3.8) is 0 Å². The molecule has 1 aliphatic carbocycles. The first-order valence-electron chi connectivity index (χ1n) is 5.68. The van der Waals surface area contributed by atoms with E-state index in [0.717, 1.165) is 6.42 Å². The van der Waals surface area contributed by atoms with Gasteiger partial charge in [-0.25, -0.2) is 0 Å². The molecule has 5 nitrogen and oxygen atoms in total. The second-order valence-electron chi connectivity index (χ2n) is 4.88. The summed E-state index contributed by atoms with van der Waals surface area (Å²) in [5.74, 6) is -0.420. The molecule has 2 bridgehead atoms. The Hall–Kier alpha value is -1.10. The van der Waals surface area contributed by atoms with E-state index in [4.69, 9.17) is 9.47 Å². The molecule has 0 aromatic heterocycles. The molecule has 16 heavy (non-hydrogen) atoms. The van der Waals surface area contributed by atoms with Crippen molar-refractivity contribution in [1.29, 1.82) is 0 Å². The van der Waals surface area contributed by atoms with E-state index in [1.54, 1.807) is 0 Å². The molecular weight excluding hydrogens is 210 g/mol. The van der Waals surface area contributed by atoms with Crippen LogP contribution < -0.4 is 0 Å². The quantitative estimate of drug-likeness (QED) is 0.488. The fraction of sp³-hybridized carbons (Fsp3) is 0.818. The Morgan fingerprint density at radius 2 is 2.19 bits per heavy atom. The number of carbonyl (C=O) groups excluding carboxylic acids is 2. The summed E-state index contributed by atoms with van der Waals surface area (Å²) in [6.07, 6.45) is 2.37. The van der Waals surface area contributed by atoms with E-state index in [2.05, 4.69) is 0 Å². The smallest absolute Gasteiger partial charge is 0.321 e. The molecule has 5 heteroatoms. The molecule has 88 valence electrons. The molecule has 3 rings (SSSR count). The van der Waals surface area contributed by atoms with Crippen molar-refractivity contribution in [3.8, 4) is 0 Å². The van der Waals surface area contributed by atoms with Gasteiger partial charge >= 0.3 is 5.97 Å². The lowest BCUT2D eigenvalue weighted by Crippen LogP contribution is -2.47. The summed E-state index contributed by atoms with van der Waals surface area (Å²) in [7, 11) is 1.34. The van der Waals surface area contributed by atoms with Crippen LogP contribution in [0.4, 0.5) is 0 Å². The minimum Gasteiger partial charge on any atom is -0.468 e. The fourth-order valence-electron chi connectivity index (χ4n) is 2.75. The SMILES string of the molecule is COC(=O)C1(C(=O)N2C[C@H]3C[C@@H]2CO3)CC1. The van der Waals surface area contributed by atoms with Crippen LogP contribution in [-0.2, 0) is 19.1 Å². The molecule has 2 saturated heterocycles. The Morgan fingerprint density at radius 1 is 1.44 bits per heavy atom. The van der Waals surface area contributed by atoms with Gasteiger partial charge < -0.3 is 14.4 Å². The van der Waals surface area contributed by atoms with E-state index in [-0.39, 0.29) is 24.0 Å². The van der Waals surface area contributed by atoms with Crippen LogP contribution in [0, 0.1) is 5.41 Å². The number of hydrogen-bond acceptors (Lipinski definition) is 4. The van der Waals surface area contributed by atoms with E-state index in [1.165, 1.54) is 7.11 Å². The van der Waals surface area contributed by atoms with Crippen LogP contribution >= 0.6 is 0 Å². The number of nitrogens with zero attached hydrogens (tertiary/aromatic N) is 1. The summed E-state index contributed by atoms with van der Waals surface area (Å²) in [6.45, 7) is 1.26. The van der Waals surface area contributed by atoms with Crippen LogP contribution in [-0.4, -0.2) is 49.2 Å². The molecule has 0 aromatic rings. The van der Waals surface area contributed by atoms with E-state index >= 15 is 0 Å². The Morgan fingerprint density at radius 3 is 2.62 bits per heavy atom. The van der Waals surface area contributed by atoms with E-state index in [1.807, 2.05) is 4.90 Å². The maximum atomic E-state index is 12.3. The monoisotopic (exact) mass is 225 g/mol. The highest BCUT2D eigenvalue weighted by Gasteiger charge is 2.61. The van der Waals surface area contributed by atoms with Gasteiger partial charge in [0, 0.05) is 6.54 Å². The highest BCUT2D eigenvalue weighted by Crippen LogP contribution is 2.49. The predicted octanol–water partition coefficient (Wildman–Crippen LogP) is -0.0607. The van der Waals surface area contributed by atoms with Crippen molar-refractivity contribution in [2.75, 3.05) is 20.3 Å². The highest BCUT2D eigenvalue weighted by molar-refractivity contribution is 6.05. The van der Waals surface area contributed by atoms with Crippen molar-refractivity contribution in [2.45, 2.75) is 31.4 Å². The van der Waals surface area contributed by atoms with Gasteiger partial charge in [-0.05, 0) is 19.3 Å². The van der Waals surface area contributed by atoms with Crippen LogP contribution in [0.1, 0.15) is 19.3 Å². The van der Waals surface area contributed by atoms with Crippen molar-refractivity contribution in [2.24, 2.45) is 5.41 Å². The number of morpholine rings is 1. The van der Waals surface area contributed by atoms with Gasteiger partial charge in [-0.15, -0.1) is 0 Å². The maximum Gasteiger partial charge on any atom is 0.321 e. The lowest BCUT2D eigenvalue weighted by Gasteiger charge is -2.29. The molecule has 2 atom stereocenters. The Balaban J connectivity index is 1.76. The molecule has 1 saturated carbocycles. The molecule has 3 aliphatic rings.